The molecule has 0 atom stereocenters. The SMILES string of the molecule is Cn1c(/C=C/C(=O)O)cc2cc(OCc3cc(-c4ccccc4)c(C(F)(F)F)s3)ccc21. The van der Waals surface area contributed by atoms with Crippen LogP contribution >= 0.6 is 11.3 Å². The Labute approximate surface area is 185 Å². The molecule has 4 rings (SSSR count). The summed E-state index contributed by atoms with van der Waals surface area (Å²) < 4.78 is 48.3. The van der Waals surface area contributed by atoms with E-state index in [9.17, 15) is 18.0 Å². The fraction of sp³-hybridized carbons (Fsp3) is 0.125. The number of rotatable bonds is 6. The Morgan fingerprint density at radius 1 is 1.12 bits per heavy atom. The molecule has 0 aliphatic carbocycles. The Morgan fingerprint density at radius 2 is 1.88 bits per heavy atom. The van der Waals surface area contributed by atoms with Crippen molar-refractivity contribution in [2.75, 3.05) is 0 Å². The summed E-state index contributed by atoms with van der Waals surface area (Å²) in [7, 11) is 1.82. The average Bonchev–Trinajstić information content (AvgIpc) is 3.33. The number of fused-ring (bicyclic) bond motifs is 1. The van der Waals surface area contributed by atoms with Crippen LogP contribution in [0.25, 0.3) is 28.1 Å². The van der Waals surface area contributed by atoms with Crippen molar-refractivity contribution in [2.45, 2.75) is 12.8 Å². The summed E-state index contributed by atoms with van der Waals surface area (Å²) in [5.74, 6) is -0.525. The molecule has 1 N–H and O–H groups in total. The van der Waals surface area contributed by atoms with E-state index in [2.05, 4.69) is 0 Å². The molecule has 0 aliphatic rings. The van der Waals surface area contributed by atoms with Gasteiger partial charge < -0.3 is 14.4 Å². The van der Waals surface area contributed by atoms with Gasteiger partial charge >= 0.3 is 12.1 Å². The van der Waals surface area contributed by atoms with Gasteiger partial charge in [-0.25, -0.2) is 4.79 Å². The molecule has 8 heteroatoms. The van der Waals surface area contributed by atoms with Crippen molar-refractivity contribution in [3.63, 3.8) is 0 Å². The fourth-order valence-electron chi connectivity index (χ4n) is 3.47. The Morgan fingerprint density at radius 3 is 2.56 bits per heavy atom. The van der Waals surface area contributed by atoms with Crippen LogP contribution in [0.15, 0.2) is 66.7 Å². The number of aliphatic carboxylic acids is 1. The largest absolute Gasteiger partial charge is 0.488 e. The number of nitrogens with zero attached hydrogens (tertiary/aromatic N) is 1. The second-order valence-electron chi connectivity index (χ2n) is 7.13. The Kier molecular flexibility index (Phi) is 5.80. The lowest BCUT2D eigenvalue weighted by Gasteiger charge is -2.07. The minimum Gasteiger partial charge on any atom is -0.488 e. The van der Waals surface area contributed by atoms with Crippen LogP contribution in [-0.4, -0.2) is 15.6 Å². The van der Waals surface area contributed by atoms with Crippen LogP contribution in [-0.2, 0) is 24.6 Å². The molecule has 0 saturated heterocycles. The smallest absolute Gasteiger partial charge is 0.426 e. The monoisotopic (exact) mass is 457 g/mol. The van der Waals surface area contributed by atoms with E-state index in [0.717, 1.165) is 17.0 Å². The maximum atomic E-state index is 13.6. The molecule has 0 bridgehead atoms. The minimum atomic E-state index is -4.45. The molecule has 164 valence electrons. The standard InChI is InChI=1S/C24H18F3NO3S/c1-28-17(7-10-22(29)30)11-16-12-18(8-9-21(16)28)31-14-19-13-20(15-5-3-2-4-6-15)23(32-19)24(25,26)27/h2-13H,14H2,1H3,(H,29,30)/b10-7+. The van der Waals surface area contributed by atoms with Crippen LogP contribution in [0.5, 0.6) is 5.75 Å². The molecule has 0 unspecified atom stereocenters. The highest BCUT2D eigenvalue weighted by Crippen LogP contribution is 2.43. The lowest BCUT2D eigenvalue weighted by Crippen LogP contribution is -2.03. The molecule has 4 nitrogen and oxygen atoms in total. The summed E-state index contributed by atoms with van der Waals surface area (Å²) in [4.78, 5) is 10.6. The number of carboxylic acid groups (broad SMARTS) is 1. The molecule has 0 saturated carbocycles. The van der Waals surface area contributed by atoms with Gasteiger partial charge in [0.15, 0.2) is 0 Å². The summed E-state index contributed by atoms with van der Waals surface area (Å²) >= 11 is 0.681. The van der Waals surface area contributed by atoms with Gasteiger partial charge in [-0.05, 0) is 42.0 Å². The summed E-state index contributed by atoms with van der Waals surface area (Å²) in [6.07, 6.45) is -1.89. The third-order valence-corrected chi connectivity index (χ3v) is 6.11. The zero-order valence-electron chi connectivity index (χ0n) is 16.9. The Balaban J connectivity index is 1.58. The van der Waals surface area contributed by atoms with Crippen molar-refractivity contribution >= 4 is 34.3 Å². The summed E-state index contributed by atoms with van der Waals surface area (Å²) in [5.41, 5.74) is 2.24. The molecular formula is C24H18F3NO3S. The highest BCUT2D eigenvalue weighted by molar-refractivity contribution is 7.12. The van der Waals surface area contributed by atoms with Gasteiger partial charge in [0.25, 0.3) is 0 Å². The van der Waals surface area contributed by atoms with Crippen molar-refractivity contribution in [3.8, 4) is 16.9 Å². The number of benzene rings is 2. The summed E-state index contributed by atoms with van der Waals surface area (Å²) in [5, 5.41) is 9.66. The van der Waals surface area contributed by atoms with Crippen LogP contribution < -0.4 is 4.74 Å². The average molecular weight is 457 g/mol. The zero-order valence-corrected chi connectivity index (χ0v) is 17.7. The van der Waals surface area contributed by atoms with E-state index in [4.69, 9.17) is 9.84 Å². The van der Waals surface area contributed by atoms with E-state index in [-0.39, 0.29) is 12.2 Å². The number of hydrogen-bond donors (Lipinski definition) is 1. The van der Waals surface area contributed by atoms with Crippen molar-refractivity contribution in [2.24, 2.45) is 7.05 Å². The number of carbonyl (C=O) groups is 1. The number of aromatic nitrogens is 1. The molecule has 2 aromatic carbocycles. The van der Waals surface area contributed by atoms with E-state index in [0.29, 0.717) is 33.2 Å². The highest BCUT2D eigenvalue weighted by atomic mass is 32.1. The number of aryl methyl sites for hydroxylation is 1. The van der Waals surface area contributed by atoms with Crippen LogP contribution in [0.3, 0.4) is 0 Å². The van der Waals surface area contributed by atoms with Gasteiger partial charge in [0.05, 0.1) is 0 Å². The topological polar surface area (TPSA) is 51.5 Å². The maximum absolute atomic E-state index is 13.6. The predicted molar refractivity (Wildman–Crippen MR) is 119 cm³/mol. The van der Waals surface area contributed by atoms with Gasteiger partial charge in [0.1, 0.15) is 17.2 Å². The van der Waals surface area contributed by atoms with Crippen molar-refractivity contribution < 1.29 is 27.8 Å². The van der Waals surface area contributed by atoms with Crippen LogP contribution in [0.2, 0.25) is 0 Å². The third kappa shape index (κ3) is 4.55. The van der Waals surface area contributed by atoms with Crippen molar-refractivity contribution in [1.29, 1.82) is 0 Å². The molecule has 0 spiro atoms. The number of ether oxygens (including phenoxy) is 1. The first kappa shape index (κ1) is 21.7. The predicted octanol–water partition coefficient (Wildman–Crippen LogP) is 6.60. The van der Waals surface area contributed by atoms with Crippen LogP contribution in [0, 0.1) is 0 Å². The van der Waals surface area contributed by atoms with Gasteiger partial charge in [0, 0.05) is 40.2 Å². The number of thiophene rings is 1. The van der Waals surface area contributed by atoms with Gasteiger partial charge in [-0.15, -0.1) is 11.3 Å². The molecule has 0 fully saturated rings. The number of halogens is 3. The summed E-state index contributed by atoms with van der Waals surface area (Å²) in [6, 6.07) is 17.2. The molecule has 2 heterocycles. The van der Waals surface area contributed by atoms with Crippen molar-refractivity contribution in [3.05, 3.63) is 82.2 Å². The zero-order chi connectivity index (χ0) is 22.9. The first-order valence-corrected chi connectivity index (χ1v) is 10.4. The molecule has 0 amide bonds. The fourth-order valence-corrected chi connectivity index (χ4v) is 4.42. The van der Waals surface area contributed by atoms with Gasteiger partial charge in [-0.1, -0.05) is 30.3 Å². The van der Waals surface area contributed by atoms with E-state index >= 15 is 0 Å². The normalized spacial score (nSPS) is 12.0. The van der Waals surface area contributed by atoms with E-state index in [1.165, 1.54) is 12.1 Å². The van der Waals surface area contributed by atoms with Gasteiger partial charge in [-0.3, -0.25) is 0 Å². The van der Waals surface area contributed by atoms with Crippen LogP contribution in [0.1, 0.15) is 15.4 Å². The maximum Gasteiger partial charge on any atom is 0.426 e. The molecule has 32 heavy (non-hydrogen) atoms. The Bertz CT molecular complexity index is 1300. The lowest BCUT2D eigenvalue weighted by molar-refractivity contribution is -0.134. The lowest BCUT2D eigenvalue weighted by atomic mass is 10.1. The molecule has 2 aromatic heterocycles. The van der Waals surface area contributed by atoms with Gasteiger partial charge in [0.2, 0.25) is 0 Å². The van der Waals surface area contributed by atoms with Crippen LogP contribution in [0.4, 0.5) is 13.2 Å². The molecule has 0 aliphatic heterocycles. The Hall–Kier alpha value is -3.52. The second-order valence-corrected chi connectivity index (χ2v) is 8.27. The molecular weight excluding hydrogens is 439 g/mol. The van der Waals surface area contributed by atoms with Crippen molar-refractivity contribution in [1.82, 2.24) is 4.57 Å². The number of carboxylic acids is 1. The quantitative estimate of drug-likeness (QED) is 0.332. The molecule has 0 radical (unpaired) electrons. The molecule has 4 aromatic rings. The first-order chi connectivity index (χ1) is 15.2. The highest BCUT2D eigenvalue weighted by Gasteiger charge is 2.36. The third-order valence-electron chi connectivity index (χ3n) is 4.95. The van der Waals surface area contributed by atoms with E-state index in [1.54, 1.807) is 42.5 Å². The minimum absolute atomic E-state index is 0.00466. The van der Waals surface area contributed by atoms with E-state index in [1.807, 2.05) is 23.7 Å². The number of alkyl halides is 3. The number of hydrogen-bond acceptors (Lipinski definition) is 3. The van der Waals surface area contributed by atoms with Gasteiger partial charge in [-0.2, -0.15) is 13.2 Å². The van der Waals surface area contributed by atoms with E-state index < -0.39 is 17.0 Å². The summed E-state index contributed by atoms with van der Waals surface area (Å²) in [6.45, 7) is 0.00466. The second kappa shape index (κ2) is 8.55. The first-order valence-electron chi connectivity index (χ1n) is 9.61.